The zero-order valence-electron chi connectivity index (χ0n) is 21.0. The minimum atomic E-state index is -1.02. The van der Waals surface area contributed by atoms with Crippen molar-refractivity contribution in [1.82, 2.24) is 10.2 Å². The van der Waals surface area contributed by atoms with Crippen LogP contribution >= 0.6 is 0 Å². The summed E-state index contributed by atoms with van der Waals surface area (Å²) in [5.74, 6) is -1.42. The lowest BCUT2D eigenvalue weighted by atomic mass is 9.70. The predicted octanol–water partition coefficient (Wildman–Crippen LogP) is 2.09. The first-order valence-corrected chi connectivity index (χ1v) is 12.6. The van der Waals surface area contributed by atoms with Gasteiger partial charge in [-0.05, 0) is 77.6 Å². The lowest BCUT2D eigenvalue weighted by Gasteiger charge is -2.35. The number of rotatable bonds is 9. The molecule has 3 aliphatic heterocycles. The Kier molecular flexibility index (Phi) is 7.11. The maximum atomic E-state index is 13.7. The Morgan fingerprint density at radius 2 is 1.91 bits per heavy atom. The Morgan fingerprint density at radius 1 is 1.20 bits per heavy atom. The summed E-state index contributed by atoms with van der Waals surface area (Å²) in [7, 11) is 0. The van der Waals surface area contributed by atoms with E-state index in [1.165, 1.54) is 0 Å². The van der Waals surface area contributed by atoms with Gasteiger partial charge in [-0.2, -0.15) is 0 Å². The molecule has 3 aliphatic rings. The summed E-state index contributed by atoms with van der Waals surface area (Å²) < 4.78 is 11.9. The van der Waals surface area contributed by atoms with Crippen LogP contribution in [0.5, 0.6) is 5.75 Å². The quantitative estimate of drug-likeness (QED) is 0.459. The van der Waals surface area contributed by atoms with E-state index in [9.17, 15) is 19.5 Å². The molecule has 4 rings (SSSR count). The van der Waals surface area contributed by atoms with Crippen LogP contribution in [0, 0.1) is 11.8 Å². The second-order valence-corrected chi connectivity index (χ2v) is 10.7. The topological polar surface area (TPSA) is 117 Å². The number of nitrogens with one attached hydrogen (secondary N) is 2. The Balaban J connectivity index is 1.59. The lowest BCUT2D eigenvalue weighted by Crippen LogP contribution is -2.58. The second-order valence-electron chi connectivity index (χ2n) is 10.7. The van der Waals surface area contributed by atoms with Crippen molar-refractivity contribution in [1.29, 1.82) is 0 Å². The van der Waals surface area contributed by atoms with Gasteiger partial charge in [0.25, 0.3) is 0 Å². The smallest absolute Gasteiger partial charge is 0.246 e. The molecule has 2 bridgehead atoms. The summed E-state index contributed by atoms with van der Waals surface area (Å²) in [5.41, 5.74) is -0.883. The molecule has 0 saturated carbocycles. The highest BCUT2D eigenvalue weighted by atomic mass is 16.5. The summed E-state index contributed by atoms with van der Waals surface area (Å²) in [6.45, 7) is 8.49. The molecule has 1 aromatic rings. The Morgan fingerprint density at radius 3 is 2.54 bits per heavy atom. The second kappa shape index (κ2) is 9.78. The summed E-state index contributed by atoms with van der Waals surface area (Å²) in [6, 6.07) is 6.31. The molecule has 0 aliphatic carbocycles. The van der Waals surface area contributed by atoms with E-state index in [1.54, 1.807) is 29.2 Å². The lowest BCUT2D eigenvalue weighted by molar-refractivity contribution is -0.142. The fourth-order valence-electron chi connectivity index (χ4n) is 5.85. The van der Waals surface area contributed by atoms with E-state index in [0.29, 0.717) is 50.3 Å². The molecule has 9 heteroatoms. The van der Waals surface area contributed by atoms with Crippen LogP contribution in [-0.2, 0) is 19.1 Å². The van der Waals surface area contributed by atoms with Crippen molar-refractivity contribution >= 4 is 23.4 Å². The minimum Gasteiger partial charge on any atom is -0.494 e. The van der Waals surface area contributed by atoms with Gasteiger partial charge in [0.05, 0.1) is 24.5 Å². The van der Waals surface area contributed by atoms with Crippen molar-refractivity contribution in [2.45, 2.75) is 76.7 Å². The number of aliphatic hydroxyl groups excluding tert-OH is 1. The van der Waals surface area contributed by atoms with E-state index in [-0.39, 0.29) is 24.3 Å². The number of ether oxygens (including phenoxy) is 2. The van der Waals surface area contributed by atoms with Crippen LogP contribution in [0.1, 0.15) is 53.4 Å². The van der Waals surface area contributed by atoms with Gasteiger partial charge in [0.15, 0.2) is 0 Å². The van der Waals surface area contributed by atoms with E-state index in [2.05, 4.69) is 10.6 Å². The maximum absolute atomic E-state index is 13.7. The SMILES string of the molecule is CCOc1ccc(NC(=O)[C@@H]2[C@@H]3CCC4(O3)C(C(=O)NC(C)(C)C)N(CCCCO)C(=O)[C@H]24)cc1. The molecule has 5 atom stereocenters. The van der Waals surface area contributed by atoms with Crippen molar-refractivity contribution < 1.29 is 29.0 Å². The van der Waals surface area contributed by atoms with Gasteiger partial charge < -0.3 is 30.1 Å². The van der Waals surface area contributed by atoms with Gasteiger partial charge >= 0.3 is 0 Å². The third kappa shape index (κ3) is 4.76. The molecule has 1 aromatic carbocycles. The number of benzene rings is 1. The van der Waals surface area contributed by atoms with Gasteiger partial charge in [-0.25, -0.2) is 0 Å². The number of unbranched alkanes of at least 4 members (excludes halogenated alkanes) is 1. The van der Waals surface area contributed by atoms with Crippen molar-refractivity contribution in [3.8, 4) is 5.75 Å². The number of aliphatic hydroxyl groups is 1. The van der Waals surface area contributed by atoms with Crippen LogP contribution < -0.4 is 15.4 Å². The summed E-state index contributed by atoms with van der Waals surface area (Å²) >= 11 is 0. The standard InChI is InChI=1S/C26H37N3O6/c1-5-34-17-10-8-16(9-11-17)27-22(31)19-18-12-13-26(35-18)20(19)24(33)29(14-6-7-15-30)21(26)23(32)28-25(2,3)4/h8-11,18-21,30H,5-7,12-15H2,1-4H3,(H,27,31)(H,28,32)/t18-,19+,20-,21?,26?/m0/s1. The number of hydrogen-bond donors (Lipinski definition) is 3. The van der Waals surface area contributed by atoms with Gasteiger partial charge in [0.1, 0.15) is 17.4 Å². The Bertz CT molecular complexity index is 959. The van der Waals surface area contributed by atoms with Crippen LogP contribution in [0.4, 0.5) is 5.69 Å². The summed E-state index contributed by atoms with van der Waals surface area (Å²) in [6.07, 6.45) is 1.86. The molecular weight excluding hydrogens is 450 g/mol. The minimum absolute atomic E-state index is 0.0150. The maximum Gasteiger partial charge on any atom is 0.246 e. The van der Waals surface area contributed by atoms with Gasteiger partial charge in [0, 0.05) is 24.4 Å². The number of hydrogen-bond acceptors (Lipinski definition) is 6. The zero-order chi connectivity index (χ0) is 25.4. The predicted molar refractivity (Wildman–Crippen MR) is 130 cm³/mol. The number of amides is 3. The molecule has 3 heterocycles. The molecule has 0 aromatic heterocycles. The highest BCUT2D eigenvalue weighted by Crippen LogP contribution is 2.58. The first-order valence-electron chi connectivity index (χ1n) is 12.6. The zero-order valence-corrected chi connectivity index (χ0v) is 21.0. The molecule has 1 spiro atoms. The normalized spacial score (nSPS) is 29.3. The molecular formula is C26H37N3O6. The van der Waals surface area contributed by atoms with Gasteiger partial charge in [-0.3, -0.25) is 14.4 Å². The van der Waals surface area contributed by atoms with E-state index in [0.717, 1.165) is 0 Å². The fraction of sp³-hybridized carbons (Fsp3) is 0.654. The largest absolute Gasteiger partial charge is 0.494 e. The average Bonchev–Trinajstić information content (AvgIpc) is 3.42. The van der Waals surface area contributed by atoms with Crippen molar-refractivity contribution in [2.75, 3.05) is 25.1 Å². The molecule has 35 heavy (non-hydrogen) atoms. The first-order chi connectivity index (χ1) is 16.6. The van der Waals surface area contributed by atoms with Crippen LogP contribution in [0.2, 0.25) is 0 Å². The van der Waals surface area contributed by atoms with E-state index in [1.807, 2.05) is 27.7 Å². The number of nitrogens with zero attached hydrogens (tertiary/aromatic N) is 1. The van der Waals surface area contributed by atoms with Crippen molar-refractivity contribution in [3.05, 3.63) is 24.3 Å². The number of likely N-dealkylation sites (tertiary alicyclic amines) is 1. The van der Waals surface area contributed by atoms with E-state index < -0.39 is 35.1 Å². The molecule has 3 amide bonds. The van der Waals surface area contributed by atoms with Crippen molar-refractivity contribution in [3.63, 3.8) is 0 Å². The van der Waals surface area contributed by atoms with Crippen molar-refractivity contribution in [2.24, 2.45) is 11.8 Å². The van der Waals surface area contributed by atoms with Gasteiger partial charge in [-0.1, -0.05) is 0 Å². The number of fused-ring (bicyclic) bond motifs is 1. The summed E-state index contributed by atoms with van der Waals surface area (Å²) in [4.78, 5) is 42.2. The molecule has 3 saturated heterocycles. The molecule has 192 valence electrons. The Labute approximate surface area is 206 Å². The summed E-state index contributed by atoms with van der Waals surface area (Å²) in [5, 5.41) is 15.2. The van der Waals surface area contributed by atoms with Gasteiger partial charge in [0.2, 0.25) is 17.7 Å². The van der Waals surface area contributed by atoms with E-state index >= 15 is 0 Å². The van der Waals surface area contributed by atoms with Crippen LogP contribution in [0.25, 0.3) is 0 Å². The third-order valence-corrected chi connectivity index (χ3v) is 7.09. The fourth-order valence-corrected chi connectivity index (χ4v) is 5.85. The average molecular weight is 488 g/mol. The highest BCUT2D eigenvalue weighted by Gasteiger charge is 2.74. The molecule has 9 nitrogen and oxygen atoms in total. The molecule has 3 N–H and O–H groups in total. The van der Waals surface area contributed by atoms with Gasteiger partial charge in [-0.15, -0.1) is 0 Å². The molecule has 3 fully saturated rings. The number of carbonyl (C=O) groups is 3. The number of carbonyl (C=O) groups excluding carboxylic acids is 3. The van der Waals surface area contributed by atoms with E-state index in [4.69, 9.17) is 9.47 Å². The monoisotopic (exact) mass is 487 g/mol. The van der Waals surface area contributed by atoms with Crippen LogP contribution in [-0.4, -0.2) is 70.8 Å². The van der Waals surface area contributed by atoms with Crippen LogP contribution in [0.15, 0.2) is 24.3 Å². The highest BCUT2D eigenvalue weighted by molar-refractivity contribution is 6.02. The third-order valence-electron chi connectivity index (χ3n) is 7.09. The van der Waals surface area contributed by atoms with Crippen LogP contribution in [0.3, 0.4) is 0 Å². The molecule has 2 unspecified atom stereocenters. The first kappa shape index (κ1) is 25.4. The number of anilines is 1. The Hall–Kier alpha value is -2.65. The molecule has 0 radical (unpaired) electrons.